The number of nitrogens with zero attached hydrogens (tertiary/aromatic N) is 2. The Morgan fingerprint density at radius 1 is 1.19 bits per heavy atom. The van der Waals surface area contributed by atoms with Crippen LogP contribution < -0.4 is 14.2 Å². The number of ether oxygens (including phenoxy) is 3. The average Bonchev–Trinajstić information content (AvgIpc) is 3.30. The van der Waals surface area contributed by atoms with Crippen molar-refractivity contribution < 1.29 is 23.4 Å². The highest BCUT2D eigenvalue weighted by atomic mass is 16.7. The van der Waals surface area contributed by atoms with Gasteiger partial charge in [0, 0.05) is 32.7 Å². The van der Waals surface area contributed by atoms with Gasteiger partial charge in [0.1, 0.15) is 0 Å². The van der Waals surface area contributed by atoms with E-state index in [-0.39, 0.29) is 12.7 Å². The summed E-state index contributed by atoms with van der Waals surface area (Å²) in [6.45, 7) is 4.15. The van der Waals surface area contributed by atoms with E-state index in [1.165, 1.54) is 6.26 Å². The summed E-state index contributed by atoms with van der Waals surface area (Å²) < 4.78 is 21.6. The van der Waals surface area contributed by atoms with E-state index in [1.807, 2.05) is 17.0 Å². The molecule has 0 N–H and O–H groups in total. The number of benzene rings is 1. The predicted octanol–water partition coefficient (Wildman–Crippen LogP) is 2.37. The number of amides is 1. The van der Waals surface area contributed by atoms with Crippen molar-refractivity contribution in [1.82, 2.24) is 9.80 Å². The van der Waals surface area contributed by atoms with Gasteiger partial charge in [-0.25, -0.2) is 0 Å². The molecule has 1 aromatic heterocycles. The standard InChI is InChI=1S/C19H22N2O5/c1-23-16-10-14(11-17-18(16)26-13-25-17)12-20-5-3-6-21(8-7-20)19(22)15-4-2-9-24-15/h2,4,9-11H,3,5-8,12-13H2,1H3. The van der Waals surface area contributed by atoms with Crippen LogP contribution in [0.15, 0.2) is 34.9 Å². The lowest BCUT2D eigenvalue weighted by atomic mass is 10.1. The van der Waals surface area contributed by atoms with Crippen LogP contribution >= 0.6 is 0 Å². The molecule has 2 aliphatic heterocycles. The van der Waals surface area contributed by atoms with Crippen molar-refractivity contribution in [1.29, 1.82) is 0 Å². The molecule has 1 amide bonds. The minimum Gasteiger partial charge on any atom is -0.493 e. The van der Waals surface area contributed by atoms with E-state index in [0.29, 0.717) is 23.8 Å². The third-order valence-electron chi connectivity index (χ3n) is 4.73. The SMILES string of the molecule is COc1cc(CN2CCCN(C(=O)c3ccco3)CC2)cc2c1OCO2. The number of rotatable bonds is 4. The Hall–Kier alpha value is -2.67. The molecule has 0 radical (unpaired) electrons. The maximum Gasteiger partial charge on any atom is 0.289 e. The van der Waals surface area contributed by atoms with Gasteiger partial charge >= 0.3 is 0 Å². The molecule has 0 unspecified atom stereocenters. The molecular formula is C19H22N2O5. The van der Waals surface area contributed by atoms with Crippen LogP contribution in [0.4, 0.5) is 0 Å². The topological polar surface area (TPSA) is 64.4 Å². The quantitative estimate of drug-likeness (QED) is 0.836. The number of hydrogen-bond donors (Lipinski definition) is 0. The Bertz CT molecular complexity index is 774. The zero-order valence-corrected chi connectivity index (χ0v) is 14.8. The molecule has 1 fully saturated rings. The summed E-state index contributed by atoms with van der Waals surface area (Å²) in [6, 6.07) is 7.44. The monoisotopic (exact) mass is 358 g/mol. The molecule has 3 heterocycles. The Kier molecular flexibility index (Phi) is 4.71. The summed E-state index contributed by atoms with van der Waals surface area (Å²) in [4.78, 5) is 16.7. The summed E-state index contributed by atoms with van der Waals surface area (Å²) in [5, 5.41) is 0. The molecule has 4 rings (SSSR count). The second-order valence-electron chi connectivity index (χ2n) is 6.43. The zero-order chi connectivity index (χ0) is 17.9. The first-order valence-corrected chi connectivity index (χ1v) is 8.76. The lowest BCUT2D eigenvalue weighted by Gasteiger charge is -2.21. The van der Waals surface area contributed by atoms with E-state index in [9.17, 15) is 4.79 Å². The van der Waals surface area contributed by atoms with Gasteiger partial charge in [0.2, 0.25) is 12.5 Å². The van der Waals surface area contributed by atoms with Crippen LogP contribution in [0.3, 0.4) is 0 Å². The third-order valence-corrected chi connectivity index (χ3v) is 4.73. The highest BCUT2D eigenvalue weighted by Crippen LogP contribution is 2.42. The van der Waals surface area contributed by atoms with Gasteiger partial charge in [0.25, 0.3) is 5.91 Å². The molecule has 0 saturated carbocycles. The van der Waals surface area contributed by atoms with E-state index in [4.69, 9.17) is 18.6 Å². The fraction of sp³-hybridized carbons (Fsp3) is 0.421. The normalized spacial score (nSPS) is 17.2. The summed E-state index contributed by atoms with van der Waals surface area (Å²) in [5.74, 6) is 2.45. The maximum atomic E-state index is 12.5. The van der Waals surface area contributed by atoms with Crippen LogP contribution in [0.25, 0.3) is 0 Å². The lowest BCUT2D eigenvalue weighted by molar-refractivity contribution is 0.0729. The molecule has 2 aliphatic rings. The van der Waals surface area contributed by atoms with Crippen molar-refractivity contribution in [3.8, 4) is 17.2 Å². The Morgan fingerprint density at radius 3 is 2.92 bits per heavy atom. The largest absolute Gasteiger partial charge is 0.493 e. The van der Waals surface area contributed by atoms with Crippen molar-refractivity contribution >= 4 is 5.91 Å². The van der Waals surface area contributed by atoms with Gasteiger partial charge in [-0.15, -0.1) is 0 Å². The molecule has 0 spiro atoms. The van der Waals surface area contributed by atoms with Gasteiger partial charge in [-0.2, -0.15) is 0 Å². The summed E-state index contributed by atoms with van der Waals surface area (Å²) in [6.07, 6.45) is 2.46. The van der Waals surface area contributed by atoms with E-state index in [2.05, 4.69) is 4.90 Å². The minimum atomic E-state index is -0.0402. The Labute approximate surface area is 152 Å². The number of carbonyl (C=O) groups excluding carboxylic acids is 1. The van der Waals surface area contributed by atoms with Crippen LogP contribution in [0.1, 0.15) is 22.5 Å². The van der Waals surface area contributed by atoms with Crippen molar-refractivity contribution in [3.05, 3.63) is 41.9 Å². The van der Waals surface area contributed by atoms with Crippen LogP contribution in [0.2, 0.25) is 0 Å². The van der Waals surface area contributed by atoms with Crippen LogP contribution in [0, 0.1) is 0 Å². The van der Waals surface area contributed by atoms with Crippen molar-refractivity contribution in [2.45, 2.75) is 13.0 Å². The highest BCUT2D eigenvalue weighted by Gasteiger charge is 2.24. The molecule has 2 aromatic rings. The zero-order valence-electron chi connectivity index (χ0n) is 14.8. The smallest absolute Gasteiger partial charge is 0.289 e. The molecule has 0 atom stereocenters. The molecule has 7 nitrogen and oxygen atoms in total. The van der Waals surface area contributed by atoms with E-state index in [1.54, 1.807) is 19.2 Å². The number of hydrogen-bond acceptors (Lipinski definition) is 6. The van der Waals surface area contributed by atoms with Crippen LogP contribution in [-0.2, 0) is 6.54 Å². The lowest BCUT2D eigenvalue weighted by Crippen LogP contribution is -2.34. The van der Waals surface area contributed by atoms with E-state index < -0.39 is 0 Å². The summed E-state index contributed by atoms with van der Waals surface area (Å²) >= 11 is 0. The first-order valence-electron chi connectivity index (χ1n) is 8.76. The first-order chi connectivity index (χ1) is 12.7. The first kappa shape index (κ1) is 16.8. The predicted molar refractivity (Wildman–Crippen MR) is 93.6 cm³/mol. The number of carbonyl (C=O) groups is 1. The molecule has 7 heteroatoms. The number of methoxy groups -OCH3 is 1. The molecule has 26 heavy (non-hydrogen) atoms. The second kappa shape index (κ2) is 7.29. The Morgan fingerprint density at radius 2 is 2.12 bits per heavy atom. The van der Waals surface area contributed by atoms with Crippen molar-refractivity contribution in [3.63, 3.8) is 0 Å². The van der Waals surface area contributed by atoms with Gasteiger partial charge in [0.05, 0.1) is 13.4 Å². The third kappa shape index (κ3) is 3.35. The molecule has 0 aliphatic carbocycles. The van der Waals surface area contributed by atoms with Crippen LogP contribution in [-0.4, -0.2) is 55.8 Å². The van der Waals surface area contributed by atoms with Gasteiger partial charge in [0.15, 0.2) is 17.3 Å². The van der Waals surface area contributed by atoms with Crippen LogP contribution in [0.5, 0.6) is 17.2 Å². The fourth-order valence-electron chi connectivity index (χ4n) is 3.42. The summed E-state index contributed by atoms with van der Waals surface area (Å²) in [7, 11) is 1.63. The van der Waals surface area contributed by atoms with E-state index >= 15 is 0 Å². The van der Waals surface area contributed by atoms with Crippen molar-refractivity contribution in [2.75, 3.05) is 40.1 Å². The fourth-order valence-corrected chi connectivity index (χ4v) is 3.42. The highest BCUT2D eigenvalue weighted by molar-refractivity contribution is 5.91. The molecule has 1 aromatic carbocycles. The molecular weight excluding hydrogens is 336 g/mol. The van der Waals surface area contributed by atoms with Gasteiger partial charge in [-0.3, -0.25) is 9.69 Å². The number of furan rings is 1. The van der Waals surface area contributed by atoms with Gasteiger partial charge in [-0.1, -0.05) is 0 Å². The Balaban J connectivity index is 1.41. The van der Waals surface area contributed by atoms with Crippen molar-refractivity contribution in [2.24, 2.45) is 0 Å². The van der Waals surface area contributed by atoms with Gasteiger partial charge in [-0.05, 0) is 36.2 Å². The maximum absolute atomic E-state index is 12.5. The summed E-state index contributed by atoms with van der Waals surface area (Å²) in [5.41, 5.74) is 1.11. The minimum absolute atomic E-state index is 0.0402. The van der Waals surface area contributed by atoms with Gasteiger partial charge < -0.3 is 23.5 Å². The molecule has 0 bridgehead atoms. The second-order valence-corrected chi connectivity index (χ2v) is 6.43. The molecule has 138 valence electrons. The van der Waals surface area contributed by atoms with E-state index in [0.717, 1.165) is 43.9 Å². The average molecular weight is 358 g/mol. The number of fused-ring (bicyclic) bond motifs is 1. The molecule has 1 saturated heterocycles.